The molecule has 150 valence electrons. The van der Waals surface area contributed by atoms with Crippen LogP contribution in [0.5, 0.6) is 0 Å². The van der Waals surface area contributed by atoms with E-state index in [1.807, 2.05) is 0 Å². The monoisotopic (exact) mass is 398 g/mol. The summed E-state index contributed by atoms with van der Waals surface area (Å²) >= 11 is 0. The lowest BCUT2D eigenvalue weighted by atomic mass is 9.97. The summed E-state index contributed by atoms with van der Waals surface area (Å²) in [5.41, 5.74) is -3.94. The minimum absolute atomic E-state index is 0.287. The van der Waals surface area contributed by atoms with Gasteiger partial charge < -0.3 is 5.11 Å². The number of quaternary nitrogens is 1. The molecule has 1 aromatic rings. The first kappa shape index (κ1) is 21.4. The number of aliphatic carboxylic acids is 1. The second-order valence-corrected chi connectivity index (χ2v) is 7.34. The molecule has 0 saturated carbocycles. The van der Waals surface area contributed by atoms with E-state index < -0.39 is 57.9 Å². The quantitative estimate of drug-likeness (QED) is 0.621. The van der Waals surface area contributed by atoms with Crippen LogP contribution in [-0.4, -0.2) is 45.6 Å². The van der Waals surface area contributed by atoms with Gasteiger partial charge in [0.05, 0.1) is 28.9 Å². The van der Waals surface area contributed by atoms with Crippen molar-refractivity contribution in [3.63, 3.8) is 0 Å². The Morgan fingerprint density at radius 3 is 2.32 bits per heavy atom. The van der Waals surface area contributed by atoms with Crippen molar-refractivity contribution in [2.75, 3.05) is 11.4 Å². The van der Waals surface area contributed by atoms with Crippen LogP contribution >= 0.6 is 0 Å². The third kappa shape index (κ3) is 2.92. The van der Waals surface area contributed by atoms with Crippen LogP contribution in [-0.2, 0) is 15.8 Å². The summed E-state index contributed by atoms with van der Waals surface area (Å²) in [4.78, 5) is 38.1. The molecular formula is C18H19F3N3O4+. The van der Waals surface area contributed by atoms with Crippen molar-refractivity contribution >= 4 is 23.6 Å². The van der Waals surface area contributed by atoms with Gasteiger partial charge in [-0.25, -0.2) is 14.1 Å². The molecule has 1 aliphatic rings. The molecule has 1 fully saturated rings. The van der Waals surface area contributed by atoms with E-state index in [2.05, 4.69) is 0 Å². The van der Waals surface area contributed by atoms with Crippen LogP contribution < -0.4 is 4.90 Å². The van der Waals surface area contributed by atoms with Crippen molar-refractivity contribution < 1.29 is 37.1 Å². The van der Waals surface area contributed by atoms with Crippen LogP contribution in [0.2, 0.25) is 0 Å². The molecular weight excluding hydrogens is 379 g/mol. The second-order valence-electron chi connectivity index (χ2n) is 7.34. The zero-order valence-corrected chi connectivity index (χ0v) is 15.7. The van der Waals surface area contributed by atoms with Gasteiger partial charge in [-0.15, -0.1) is 0 Å². The SMILES string of the molecule is CC(C)[N+]1(CC(=O)O)C(=O)N(c2ccc(C#N)cc2C(F)(F)F)C(=O)C1(C)C. The molecule has 1 heterocycles. The van der Waals surface area contributed by atoms with Crippen molar-refractivity contribution in [3.8, 4) is 6.07 Å². The van der Waals surface area contributed by atoms with Crippen molar-refractivity contribution in [2.45, 2.75) is 45.5 Å². The number of nitrogens with zero attached hydrogens (tertiary/aromatic N) is 3. The van der Waals surface area contributed by atoms with E-state index in [1.165, 1.54) is 27.7 Å². The Kier molecular flexibility index (Phi) is 5.03. The number of carbonyl (C=O) groups excluding carboxylic acids is 2. The largest absolute Gasteiger partial charge is 0.477 e. The molecule has 1 aromatic carbocycles. The zero-order chi connectivity index (χ0) is 21.7. The van der Waals surface area contributed by atoms with E-state index in [1.54, 1.807) is 6.07 Å². The molecule has 1 aliphatic heterocycles. The highest BCUT2D eigenvalue weighted by Crippen LogP contribution is 2.45. The number of imide groups is 1. The lowest BCUT2D eigenvalue weighted by Crippen LogP contribution is -2.67. The summed E-state index contributed by atoms with van der Waals surface area (Å²) in [5.74, 6) is -2.30. The normalized spacial score (nSPS) is 21.9. The maximum atomic E-state index is 13.6. The number of amides is 3. The molecule has 0 aromatic heterocycles. The van der Waals surface area contributed by atoms with E-state index >= 15 is 0 Å². The molecule has 1 saturated heterocycles. The Labute approximate surface area is 159 Å². The van der Waals surface area contributed by atoms with Gasteiger partial charge in [0.2, 0.25) is 0 Å². The first-order valence-electron chi connectivity index (χ1n) is 8.32. The van der Waals surface area contributed by atoms with Crippen LogP contribution in [0.1, 0.15) is 38.8 Å². The van der Waals surface area contributed by atoms with Gasteiger partial charge in [-0.05, 0) is 32.0 Å². The number of hydrogen-bond donors (Lipinski definition) is 1. The Hall–Kier alpha value is -2.93. The van der Waals surface area contributed by atoms with E-state index in [9.17, 15) is 32.7 Å². The highest BCUT2D eigenvalue weighted by Gasteiger charge is 2.68. The molecule has 1 N–H and O–H groups in total. The molecule has 0 bridgehead atoms. The smallest absolute Gasteiger partial charge is 0.432 e. The predicted octanol–water partition coefficient (Wildman–Crippen LogP) is 3.13. The first-order chi connectivity index (χ1) is 12.7. The summed E-state index contributed by atoms with van der Waals surface area (Å²) in [6, 6.07) is 2.35. The number of nitriles is 1. The van der Waals surface area contributed by atoms with Crippen LogP contribution in [0.15, 0.2) is 18.2 Å². The van der Waals surface area contributed by atoms with Gasteiger partial charge in [-0.1, -0.05) is 0 Å². The van der Waals surface area contributed by atoms with Gasteiger partial charge in [-0.2, -0.15) is 23.3 Å². The fourth-order valence-corrected chi connectivity index (χ4v) is 3.72. The average Bonchev–Trinajstić information content (AvgIpc) is 2.71. The van der Waals surface area contributed by atoms with Gasteiger partial charge in [-0.3, -0.25) is 4.79 Å². The van der Waals surface area contributed by atoms with E-state index in [4.69, 9.17) is 5.26 Å². The Morgan fingerprint density at radius 2 is 1.89 bits per heavy atom. The molecule has 1 atom stereocenters. The first-order valence-corrected chi connectivity index (χ1v) is 8.32. The maximum absolute atomic E-state index is 13.6. The Balaban J connectivity index is 2.79. The highest BCUT2D eigenvalue weighted by molar-refractivity contribution is 6.20. The average molecular weight is 398 g/mol. The number of anilines is 1. The number of carboxylic acids is 1. The molecule has 0 aliphatic carbocycles. The summed E-state index contributed by atoms with van der Waals surface area (Å²) in [6.45, 7) is 4.98. The number of carboxylic acid groups (broad SMARTS) is 1. The number of urea groups is 1. The van der Waals surface area contributed by atoms with Gasteiger partial charge in [0.15, 0.2) is 12.1 Å². The molecule has 3 amide bonds. The van der Waals surface area contributed by atoms with Gasteiger partial charge in [0.1, 0.15) is 0 Å². The topological polar surface area (TPSA) is 98.5 Å². The van der Waals surface area contributed by atoms with Crippen molar-refractivity contribution in [3.05, 3.63) is 29.3 Å². The van der Waals surface area contributed by atoms with Gasteiger partial charge >= 0.3 is 18.2 Å². The highest BCUT2D eigenvalue weighted by atomic mass is 19.4. The Bertz CT molecular complexity index is 902. The zero-order valence-electron chi connectivity index (χ0n) is 15.7. The minimum Gasteiger partial charge on any atom is -0.477 e. The molecule has 10 heteroatoms. The molecule has 7 nitrogen and oxygen atoms in total. The molecule has 1 unspecified atom stereocenters. The van der Waals surface area contributed by atoms with Crippen LogP contribution in [0, 0.1) is 11.3 Å². The third-order valence-electron chi connectivity index (χ3n) is 5.19. The third-order valence-corrected chi connectivity index (χ3v) is 5.19. The lowest BCUT2D eigenvalue weighted by Gasteiger charge is -2.41. The molecule has 2 rings (SSSR count). The number of hydrogen-bond acceptors (Lipinski definition) is 4. The minimum atomic E-state index is -4.93. The maximum Gasteiger partial charge on any atom is 0.432 e. The number of halogens is 3. The van der Waals surface area contributed by atoms with E-state index in [0.717, 1.165) is 12.1 Å². The Morgan fingerprint density at radius 1 is 1.32 bits per heavy atom. The van der Waals surface area contributed by atoms with Crippen molar-refractivity contribution in [1.29, 1.82) is 5.26 Å². The fraction of sp³-hybridized carbons (Fsp3) is 0.444. The van der Waals surface area contributed by atoms with E-state index in [0.29, 0.717) is 11.0 Å². The summed E-state index contributed by atoms with van der Waals surface area (Å²) < 4.78 is 39.8. The summed E-state index contributed by atoms with van der Waals surface area (Å²) in [5, 5.41) is 18.2. The summed E-state index contributed by atoms with van der Waals surface area (Å²) in [6.07, 6.45) is -4.93. The number of rotatable bonds is 4. The number of carbonyl (C=O) groups is 3. The molecule has 0 radical (unpaired) electrons. The number of benzene rings is 1. The van der Waals surface area contributed by atoms with Crippen LogP contribution in [0.25, 0.3) is 0 Å². The van der Waals surface area contributed by atoms with Gasteiger partial charge in [0.25, 0.3) is 5.91 Å². The van der Waals surface area contributed by atoms with Crippen LogP contribution in [0.3, 0.4) is 0 Å². The molecule has 0 spiro atoms. The molecule has 28 heavy (non-hydrogen) atoms. The van der Waals surface area contributed by atoms with Crippen LogP contribution in [0.4, 0.5) is 23.7 Å². The second kappa shape index (κ2) is 6.60. The van der Waals surface area contributed by atoms with Gasteiger partial charge in [0, 0.05) is 13.8 Å². The number of alkyl halides is 3. The summed E-state index contributed by atoms with van der Waals surface area (Å²) in [7, 11) is 0. The lowest BCUT2D eigenvalue weighted by molar-refractivity contribution is -0.895. The van der Waals surface area contributed by atoms with E-state index in [-0.39, 0.29) is 5.56 Å². The fourth-order valence-electron chi connectivity index (χ4n) is 3.72. The standard InChI is InChI=1S/C18H18F3N3O4/c1-10(2)24(9-14(25)26)16(28)23(15(27)17(24,3)4)13-6-5-11(8-22)7-12(13)18(19,20)21/h5-7,10H,9H2,1-4H3/p+1. The van der Waals surface area contributed by atoms with Crippen molar-refractivity contribution in [1.82, 2.24) is 0 Å². The van der Waals surface area contributed by atoms with Crippen molar-refractivity contribution in [2.24, 2.45) is 0 Å². The predicted molar refractivity (Wildman–Crippen MR) is 91.0 cm³/mol.